The first-order chi connectivity index (χ1) is 12.1. The lowest BCUT2D eigenvalue weighted by atomic mass is 10.0. The second kappa shape index (κ2) is 9.94. The standard InChI is InChI=1S/C21H27FN2O/c1-2-4-20(23)21(25)24-15-19-6-3-5-17(13-19)10-7-16-8-11-18(14-22)12-9-16/h3,5-6,8-9,11-13,20H,2,4,7,10,14-15,23H2,1H3,(H,24,25). The highest BCUT2D eigenvalue weighted by atomic mass is 19.1. The predicted molar refractivity (Wildman–Crippen MR) is 99.8 cm³/mol. The minimum atomic E-state index is -0.430. The Morgan fingerprint density at radius 3 is 2.36 bits per heavy atom. The zero-order valence-corrected chi connectivity index (χ0v) is 14.8. The Kier molecular flexibility index (Phi) is 7.61. The van der Waals surface area contributed by atoms with Crippen LogP contribution in [-0.2, 0) is 30.9 Å². The lowest BCUT2D eigenvalue weighted by molar-refractivity contribution is -0.122. The van der Waals surface area contributed by atoms with Gasteiger partial charge >= 0.3 is 0 Å². The van der Waals surface area contributed by atoms with Crippen LogP contribution in [0.4, 0.5) is 4.39 Å². The zero-order chi connectivity index (χ0) is 18.1. The smallest absolute Gasteiger partial charge is 0.237 e. The molecule has 1 unspecified atom stereocenters. The molecule has 0 aliphatic heterocycles. The highest BCUT2D eigenvalue weighted by Crippen LogP contribution is 2.12. The van der Waals surface area contributed by atoms with E-state index in [1.54, 1.807) is 0 Å². The van der Waals surface area contributed by atoms with Crippen LogP contribution in [0, 0.1) is 0 Å². The van der Waals surface area contributed by atoms with Crippen LogP contribution in [0.3, 0.4) is 0 Å². The number of carbonyl (C=O) groups excluding carboxylic acids is 1. The Hall–Kier alpha value is -2.20. The molecule has 1 atom stereocenters. The second-order valence-corrected chi connectivity index (χ2v) is 6.38. The Bertz CT molecular complexity index is 670. The topological polar surface area (TPSA) is 55.1 Å². The van der Waals surface area contributed by atoms with E-state index < -0.39 is 12.7 Å². The number of alkyl halides is 1. The van der Waals surface area contributed by atoms with Crippen LogP contribution < -0.4 is 11.1 Å². The Labute approximate surface area is 149 Å². The van der Waals surface area contributed by atoms with Crippen molar-refractivity contribution in [2.45, 2.75) is 51.9 Å². The van der Waals surface area contributed by atoms with Crippen molar-refractivity contribution in [3.63, 3.8) is 0 Å². The number of nitrogens with two attached hydrogens (primary N) is 1. The van der Waals surface area contributed by atoms with Crippen LogP contribution in [0.25, 0.3) is 0 Å². The number of carbonyl (C=O) groups is 1. The summed E-state index contributed by atoms with van der Waals surface area (Å²) in [5, 5.41) is 2.90. The summed E-state index contributed by atoms with van der Waals surface area (Å²) in [6.07, 6.45) is 3.42. The van der Waals surface area contributed by atoms with Crippen molar-refractivity contribution in [3.05, 3.63) is 70.8 Å². The van der Waals surface area contributed by atoms with Crippen LogP contribution in [0.15, 0.2) is 48.5 Å². The predicted octanol–water partition coefficient (Wildman–Crippen LogP) is 3.68. The van der Waals surface area contributed by atoms with Gasteiger partial charge in [-0.3, -0.25) is 4.79 Å². The monoisotopic (exact) mass is 342 g/mol. The van der Waals surface area contributed by atoms with Crippen molar-refractivity contribution in [2.24, 2.45) is 5.73 Å². The van der Waals surface area contributed by atoms with Gasteiger partial charge in [-0.2, -0.15) is 0 Å². The second-order valence-electron chi connectivity index (χ2n) is 6.38. The van der Waals surface area contributed by atoms with Crippen molar-refractivity contribution < 1.29 is 9.18 Å². The molecule has 0 spiro atoms. The van der Waals surface area contributed by atoms with E-state index in [0.29, 0.717) is 18.5 Å². The van der Waals surface area contributed by atoms with E-state index >= 15 is 0 Å². The molecule has 3 N–H and O–H groups in total. The molecule has 0 saturated heterocycles. The Balaban J connectivity index is 1.86. The minimum Gasteiger partial charge on any atom is -0.351 e. The molecule has 0 fully saturated rings. The number of benzene rings is 2. The molecular weight excluding hydrogens is 315 g/mol. The summed E-state index contributed by atoms with van der Waals surface area (Å²) in [6, 6.07) is 15.4. The molecule has 0 aliphatic rings. The first kappa shape index (κ1) is 19.1. The molecule has 4 heteroatoms. The van der Waals surface area contributed by atoms with Gasteiger partial charge in [-0.25, -0.2) is 4.39 Å². The number of rotatable bonds is 9. The van der Waals surface area contributed by atoms with Crippen LogP contribution in [0.2, 0.25) is 0 Å². The SMILES string of the molecule is CCCC(N)C(=O)NCc1cccc(CCc2ccc(CF)cc2)c1. The fraction of sp³-hybridized carbons (Fsp3) is 0.381. The molecule has 1 amide bonds. The van der Waals surface area contributed by atoms with E-state index in [2.05, 4.69) is 17.4 Å². The van der Waals surface area contributed by atoms with Crippen molar-refractivity contribution in [3.8, 4) is 0 Å². The van der Waals surface area contributed by atoms with Crippen molar-refractivity contribution >= 4 is 5.91 Å². The molecule has 0 aliphatic carbocycles. The number of hydrogen-bond donors (Lipinski definition) is 2. The van der Waals surface area contributed by atoms with Crippen molar-refractivity contribution in [2.75, 3.05) is 0 Å². The van der Waals surface area contributed by atoms with Gasteiger partial charge in [-0.1, -0.05) is 61.9 Å². The van der Waals surface area contributed by atoms with Gasteiger partial charge in [-0.15, -0.1) is 0 Å². The summed E-state index contributed by atoms with van der Waals surface area (Å²) in [5.41, 5.74) is 10.0. The normalized spacial score (nSPS) is 12.0. The molecule has 0 radical (unpaired) electrons. The fourth-order valence-electron chi connectivity index (χ4n) is 2.74. The molecule has 2 rings (SSSR count). The number of aryl methyl sites for hydroxylation is 2. The summed E-state index contributed by atoms with van der Waals surface area (Å²) in [6.45, 7) is 2.09. The average Bonchev–Trinajstić information content (AvgIpc) is 2.65. The third-order valence-corrected chi connectivity index (χ3v) is 4.27. The van der Waals surface area contributed by atoms with Gasteiger partial charge in [0.25, 0.3) is 0 Å². The molecule has 0 saturated carbocycles. The van der Waals surface area contributed by atoms with Gasteiger partial charge < -0.3 is 11.1 Å². The maximum Gasteiger partial charge on any atom is 0.237 e. The molecule has 3 nitrogen and oxygen atoms in total. The highest BCUT2D eigenvalue weighted by molar-refractivity contribution is 5.81. The third-order valence-electron chi connectivity index (χ3n) is 4.27. The largest absolute Gasteiger partial charge is 0.351 e. The number of amides is 1. The molecule has 2 aromatic carbocycles. The summed E-state index contributed by atoms with van der Waals surface area (Å²) in [4.78, 5) is 11.9. The fourth-order valence-corrected chi connectivity index (χ4v) is 2.74. The van der Waals surface area contributed by atoms with Crippen LogP contribution in [0.5, 0.6) is 0 Å². The summed E-state index contributed by atoms with van der Waals surface area (Å²) in [5.74, 6) is -0.0970. The van der Waals surface area contributed by atoms with Gasteiger partial charge in [0.2, 0.25) is 5.91 Å². The summed E-state index contributed by atoms with van der Waals surface area (Å²) >= 11 is 0. The van der Waals surface area contributed by atoms with E-state index in [0.717, 1.165) is 24.8 Å². The van der Waals surface area contributed by atoms with Crippen LogP contribution in [0.1, 0.15) is 42.0 Å². The van der Waals surface area contributed by atoms with Gasteiger partial charge in [0, 0.05) is 6.54 Å². The van der Waals surface area contributed by atoms with Crippen LogP contribution >= 0.6 is 0 Å². The Morgan fingerprint density at radius 2 is 1.68 bits per heavy atom. The minimum absolute atomic E-state index is 0.0970. The van der Waals surface area contributed by atoms with E-state index in [-0.39, 0.29) is 5.91 Å². The summed E-state index contributed by atoms with van der Waals surface area (Å²) < 4.78 is 12.5. The first-order valence-electron chi connectivity index (χ1n) is 8.87. The lowest BCUT2D eigenvalue weighted by Gasteiger charge is -2.12. The van der Waals surface area contributed by atoms with E-state index in [4.69, 9.17) is 5.73 Å². The average molecular weight is 342 g/mol. The van der Waals surface area contributed by atoms with Gasteiger partial charge in [0.05, 0.1) is 6.04 Å². The quantitative estimate of drug-likeness (QED) is 0.730. The van der Waals surface area contributed by atoms with Crippen molar-refractivity contribution in [1.82, 2.24) is 5.32 Å². The maximum atomic E-state index is 12.5. The van der Waals surface area contributed by atoms with Gasteiger partial charge in [0.15, 0.2) is 0 Å². The molecule has 0 aromatic heterocycles. The van der Waals surface area contributed by atoms with E-state index in [9.17, 15) is 9.18 Å². The van der Waals surface area contributed by atoms with E-state index in [1.807, 2.05) is 43.3 Å². The van der Waals surface area contributed by atoms with Crippen molar-refractivity contribution in [1.29, 1.82) is 0 Å². The Morgan fingerprint density at radius 1 is 1.04 bits per heavy atom. The third kappa shape index (κ3) is 6.31. The molecule has 2 aromatic rings. The zero-order valence-electron chi connectivity index (χ0n) is 14.8. The molecule has 0 heterocycles. The van der Waals surface area contributed by atoms with Gasteiger partial charge in [-0.05, 0) is 41.5 Å². The van der Waals surface area contributed by atoms with E-state index in [1.165, 1.54) is 11.1 Å². The first-order valence-corrected chi connectivity index (χ1v) is 8.87. The highest BCUT2D eigenvalue weighted by Gasteiger charge is 2.11. The number of hydrogen-bond acceptors (Lipinski definition) is 2. The molecule has 0 bridgehead atoms. The molecule has 134 valence electrons. The number of halogens is 1. The van der Waals surface area contributed by atoms with Crippen LogP contribution in [-0.4, -0.2) is 11.9 Å². The summed E-state index contributed by atoms with van der Waals surface area (Å²) in [7, 11) is 0. The number of nitrogens with one attached hydrogen (secondary N) is 1. The maximum absolute atomic E-state index is 12.5. The lowest BCUT2D eigenvalue weighted by Crippen LogP contribution is -2.40. The molecule has 25 heavy (non-hydrogen) atoms. The molecular formula is C21H27FN2O. The van der Waals surface area contributed by atoms with Gasteiger partial charge in [0.1, 0.15) is 6.67 Å².